The number of hydrogen-bond donors (Lipinski definition) is 5. The maximum absolute atomic E-state index is 13.0. The molecule has 3 rings (SSSR count). The number of anilines is 1. The summed E-state index contributed by atoms with van der Waals surface area (Å²) < 4.78 is 5.64. The number of esters is 1. The van der Waals surface area contributed by atoms with Crippen LogP contribution in [0.2, 0.25) is 0 Å². The summed E-state index contributed by atoms with van der Waals surface area (Å²) in [6, 6.07) is 3.35. The van der Waals surface area contributed by atoms with E-state index in [-0.39, 0.29) is 23.7 Å². The molecular weight excluding hydrogens is 420 g/mol. The van der Waals surface area contributed by atoms with Gasteiger partial charge in [-0.1, -0.05) is 37.8 Å². The number of fused-ring (bicyclic) bond motifs is 1. The Labute approximate surface area is 195 Å². The first-order chi connectivity index (χ1) is 15.8. The molecule has 1 saturated heterocycles. The number of carbonyl (C=O) groups is 1. The summed E-state index contributed by atoms with van der Waals surface area (Å²) in [5.41, 5.74) is 1.67. The minimum Gasteiger partial charge on any atom is -0.507 e. The van der Waals surface area contributed by atoms with Gasteiger partial charge in [-0.2, -0.15) is 0 Å². The molecule has 2 aliphatic heterocycles. The predicted octanol–water partition coefficient (Wildman–Crippen LogP) is 3.24. The molecule has 33 heavy (non-hydrogen) atoms. The number of piperidine rings is 1. The van der Waals surface area contributed by atoms with Crippen LogP contribution in [0.5, 0.6) is 5.75 Å². The van der Waals surface area contributed by atoms with Gasteiger partial charge in [0, 0.05) is 24.2 Å². The van der Waals surface area contributed by atoms with Crippen molar-refractivity contribution in [2.45, 2.75) is 51.4 Å². The zero-order valence-corrected chi connectivity index (χ0v) is 19.5. The maximum Gasteiger partial charge on any atom is 0.342 e. The Bertz CT molecular complexity index is 904. The molecule has 7 nitrogen and oxygen atoms in total. The summed E-state index contributed by atoms with van der Waals surface area (Å²) in [6.45, 7) is 10.3. The summed E-state index contributed by atoms with van der Waals surface area (Å²) in [7, 11) is 0. The molecule has 0 aromatic heterocycles. The Morgan fingerprint density at radius 2 is 1.91 bits per heavy atom. The number of carbonyl (C=O) groups excluding carboxylic acids is 1. The fourth-order valence-electron chi connectivity index (χ4n) is 4.03. The van der Waals surface area contributed by atoms with E-state index < -0.39 is 24.3 Å². The van der Waals surface area contributed by atoms with Crippen molar-refractivity contribution in [2.75, 3.05) is 25.0 Å². The van der Waals surface area contributed by atoms with E-state index in [1.807, 2.05) is 6.92 Å². The second kappa shape index (κ2) is 11.5. The van der Waals surface area contributed by atoms with Gasteiger partial charge in [0.2, 0.25) is 0 Å². The van der Waals surface area contributed by atoms with Crippen molar-refractivity contribution < 1.29 is 24.9 Å². The minimum atomic E-state index is -1.11. The smallest absolute Gasteiger partial charge is 0.342 e. The van der Waals surface area contributed by atoms with Crippen LogP contribution in [0, 0.1) is 11.8 Å². The molecule has 4 atom stereocenters. The Balaban J connectivity index is 1.90. The molecule has 2 aliphatic rings. The third-order valence-electron chi connectivity index (χ3n) is 6.47. The van der Waals surface area contributed by atoms with Crippen molar-refractivity contribution in [3.63, 3.8) is 0 Å². The van der Waals surface area contributed by atoms with E-state index >= 15 is 0 Å². The third kappa shape index (κ3) is 6.69. The molecule has 0 bridgehead atoms. The van der Waals surface area contributed by atoms with Crippen molar-refractivity contribution >= 4 is 17.7 Å². The van der Waals surface area contributed by atoms with Crippen LogP contribution in [0.4, 0.5) is 5.69 Å². The number of hydrogen-bond acceptors (Lipinski definition) is 7. The van der Waals surface area contributed by atoms with Crippen LogP contribution in [0.1, 0.15) is 49.0 Å². The molecule has 0 unspecified atom stereocenters. The Hall–Kier alpha value is -2.61. The summed E-state index contributed by atoms with van der Waals surface area (Å²) in [6.07, 6.45) is 6.48. The van der Waals surface area contributed by atoms with Gasteiger partial charge >= 0.3 is 5.97 Å². The van der Waals surface area contributed by atoms with Gasteiger partial charge in [0.15, 0.2) is 0 Å². The second-order valence-corrected chi connectivity index (χ2v) is 9.09. The molecule has 0 saturated carbocycles. The lowest BCUT2D eigenvalue weighted by Gasteiger charge is -2.24. The molecule has 180 valence electrons. The van der Waals surface area contributed by atoms with Crippen molar-refractivity contribution in [3.8, 4) is 5.75 Å². The quantitative estimate of drug-likeness (QED) is 0.444. The van der Waals surface area contributed by atoms with Crippen LogP contribution >= 0.6 is 0 Å². The standard InChI is InChI=1S/C26H36N2O5/c1-16-7-8-17(2)25(31)22(29)6-4-5-20-13-21(28-15-19-9-11-27-12-10-19)14-23(30)24(20)26(32)33-18(16)3/h4-5,7-8,13-14,16,18-19,22,25,27-31H,2,6,9-12,15H2,1,3H3/b5-4+,8-7-/t16-,18+,22+,25-/m1/s1. The van der Waals surface area contributed by atoms with E-state index in [4.69, 9.17) is 4.74 Å². The number of aliphatic hydroxyl groups excluding tert-OH is 2. The van der Waals surface area contributed by atoms with Gasteiger partial charge in [0.1, 0.15) is 23.5 Å². The van der Waals surface area contributed by atoms with Crippen LogP contribution in [-0.2, 0) is 4.74 Å². The largest absolute Gasteiger partial charge is 0.507 e. The molecule has 0 aliphatic carbocycles. The van der Waals surface area contributed by atoms with E-state index in [9.17, 15) is 20.1 Å². The molecular formula is C26H36N2O5. The van der Waals surface area contributed by atoms with Gasteiger partial charge in [0.05, 0.1) is 6.10 Å². The Morgan fingerprint density at radius 3 is 2.64 bits per heavy atom. The average Bonchev–Trinajstić information content (AvgIpc) is 2.80. The van der Waals surface area contributed by atoms with E-state index in [1.165, 1.54) is 0 Å². The lowest BCUT2D eigenvalue weighted by atomic mass is 9.97. The number of rotatable bonds is 3. The lowest BCUT2D eigenvalue weighted by molar-refractivity contribution is 0.0262. The predicted molar refractivity (Wildman–Crippen MR) is 130 cm³/mol. The van der Waals surface area contributed by atoms with Crippen molar-refractivity contribution in [1.82, 2.24) is 5.32 Å². The van der Waals surface area contributed by atoms with Crippen LogP contribution in [0.15, 0.2) is 42.5 Å². The van der Waals surface area contributed by atoms with Gasteiger partial charge in [0.25, 0.3) is 0 Å². The topological polar surface area (TPSA) is 111 Å². The van der Waals surface area contributed by atoms with Crippen molar-refractivity contribution in [2.24, 2.45) is 11.8 Å². The third-order valence-corrected chi connectivity index (χ3v) is 6.47. The van der Waals surface area contributed by atoms with Crippen LogP contribution in [0.3, 0.4) is 0 Å². The first-order valence-electron chi connectivity index (χ1n) is 11.7. The van der Waals surface area contributed by atoms with Crippen LogP contribution < -0.4 is 10.6 Å². The molecule has 7 heteroatoms. The summed E-state index contributed by atoms with van der Waals surface area (Å²) in [5, 5.41) is 38.2. The number of nitrogens with one attached hydrogen (secondary N) is 2. The number of cyclic esters (lactones) is 1. The Morgan fingerprint density at radius 1 is 1.18 bits per heavy atom. The van der Waals surface area contributed by atoms with Crippen molar-refractivity contribution in [3.05, 3.63) is 53.6 Å². The molecule has 1 aromatic carbocycles. The highest BCUT2D eigenvalue weighted by atomic mass is 16.5. The number of phenols is 1. The van der Waals surface area contributed by atoms with Crippen LogP contribution in [0.25, 0.3) is 6.08 Å². The van der Waals surface area contributed by atoms with E-state index in [0.29, 0.717) is 22.7 Å². The molecule has 2 heterocycles. The van der Waals surface area contributed by atoms with Gasteiger partial charge in [-0.05, 0) is 62.4 Å². The van der Waals surface area contributed by atoms with Gasteiger partial charge in [-0.25, -0.2) is 4.79 Å². The molecule has 1 aromatic rings. The molecule has 0 amide bonds. The van der Waals surface area contributed by atoms with E-state index in [2.05, 4.69) is 17.2 Å². The minimum absolute atomic E-state index is 0.0817. The lowest BCUT2D eigenvalue weighted by Crippen LogP contribution is -2.31. The normalized spacial score (nSPS) is 29.5. The summed E-state index contributed by atoms with van der Waals surface area (Å²) in [4.78, 5) is 13.0. The molecule has 0 spiro atoms. The first kappa shape index (κ1) is 25.0. The first-order valence-corrected chi connectivity index (χ1v) is 11.7. The fourth-order valence-corrected chi connectivity index (χ4v) is 4.03. The van der Waals surface area contributed by atoms with Gasteiger partial charge in [-0.15, -0.1) is 0 Å². The summed E-state index contributed by atoms with van der Waals surface area (Å²) in [5.74, 6) is -0.388. The van der Waals surface area contributed by atoms with E-state index in [1.54, 1.807) is 43.4 Å². The SMILES string of the molecule is C=C1/C=C\[C@@H](C)[C@H](C)OC(=O)c2c(O)cc(NCC3CCNCC3)cc2/C=C/C[C@H](O)[C@@H]1O. The zero-order chi connectivity index (χ0) is 24.0. The number of phenolic OH excluding ortho intramolecular Hbond substituents is 1. The Kier molecular flexibility index (Phi) is 8.72. The number of aliphatic hydroxyl groups is 2. The van der Waals surface area contributed by atoms with Crippen molar-refractivity contribution in [1.29, 1.82) is 0 Å². The zero-order valence-electron chi connectivity index (χ0n) is 19.5. The average molecular weight is 457 g/mol. The number of aromatic hydroxyl groups is 1. The molecule has 1 fully saturated rings. The summed E-state index contributed by atoms with van der Waals surface area (Å²) >= 11 is 0. The van der Waals surface area contributed by atoms with Gasteiger partial charge in [-0.3, -0.25) is 0 Å². The van der Waals surface area contributed by atoms with E-state index in [0.717, 1.165) is 32.5 Å². The number of ether oxygens (including phenoxy) is 1. The van der Waals surface area contributed by atoms with Gasteiger partial charge < -0.3 is 30.7 Å². The highest BCUT2D eigenvalue weighted by molar-refractivity contribution is 5.97. The molecule has 0 radical (unpaired) electrons. The maximum atomic E-state index is 13.0. The monoisotopic (exact) mass is 456 g/mol. The number of benzene rings is 1. The van der Waals surface area contributed by atoms with Crippen LogP contribution in [-0.4, -0.2) is 59.2 Å². The highest BCUT2D eigenvalue weighted by Crippen LogP contribution is 2.30. The molecule has 5 N–H and O–H groups in total. The fraction of sp³-hybridized carbons (Fsp3) is 0.500. The second-order valence-electron chi connectivity index (χ2n) is 9.09. The highest BCUT2D eigenvalue weighted by Gasteiger charge is 2.24.